The van der Waals surface area contributed by atoms with Crippen molar-refractivity contribution < 1.29 is 23.9 Å². The van der Waals surface area contributed by atoms with E-state index in [1.807, 2.05) is 0 Å². The molecule has 2 aromatic rings. The van der Waals surface area contributed by atoms with Gasteiger partial charge in [-0.15, -0.1) is 0 Å². The lowest BCUT2D eigenvalue weighted by Crippen LogP contribution is -2.29. The van der Waals surface area contributed by atoms with E-state index in [-0.39, 0.29) is 27.8 Å². The number of amides is 1. The van der Waals surface area contributed by atoms with Crippen LogP contribution in [0.3, 0.4) is 0 Å². The van der Waals surface area contributed by atoms with Gasteiger partial charge in [-0.2, -0.15) is 0 Å². The molecule has 0 saturated carbocycles. The van der Waals surface area contributed by atoms with E-state index in [0.717, 1.165) is 0 Å². The van der Waals surface area contributed by atoms with Gasteiger partial charge in [0.2, 0.25) is 0 Å². The Bertz CT molecular complexity index is 945. The van der Waals surface area contributed by atoms with Crippen LogP contribution in [-0.2, 0) is 16.1 Å². The van der Waals surface area contributed by atoms with E-state index < -0.39 is 17.7 Å². The van der Waals surface area contributed by atoms with Crippen LogP contribution in [0, 0.1) is 0 Å². The first-order chi connectivity index (χ1) is 12.3. The monoisotopic (exact) mass is 394 g/mol. The fourth-order valence-electron chi connectivity index (χ4n) is 2.62. The maximum atomic E-state index is 12.4. The average Bonchev–Trinajstić information content (AvgIpc) is 2.85. The SMILES string of the molecule is COC(=O)c1cc(OC)cc(CN2C(=O)C(=O)c3c(Cl)cc(Cl)cc32)n1. The first-order valence-corrected chi connectivity index (χ1v) is 8.09. The minimum atomic E-state index is -0.756. The predicted octanol–water partition coefficient (Wildman–Crippen LogP) is 2.91. The molecule has 0 N–H and O–H groups in total. The van der Waals surface area contributed by atoms with Gasteiger partial charge in [0.05, 0.1) is 42.7 Å². The molecular formula is C17H12Cl2N2O5. The van der Waals surface area contributed by atoms with Crippen LogP contribution >= 0.6 is 23.2 Å². The highest BCUT2D eigenvalue weighted by atomic mass is 35.5. The lowest BCUT2D eigenvalue weighted by atomic mass is 10.1. The van der Waals surface area contributed by atoms with E-state index in [2.05, 4.69) is 9.72 Å². The summed E-state index contributed by atoms with van der Waals surface area (Å²) in [5, 5.41) is 0.386. The highest BCUT2D eigenvalue weighted by Gasteiger charge is 2.38. The van der Waals surface area contributed by atoms with Gasteiger partial charge >= 0.3 is 5.97 Å². The topological polar surface area (TPSA) is 85.8 Å². The number of anilines is 1. The molecule has 0 bridgehead atoms. The van der Waals surface area contributed by atoms with Crippen molar-refractivity contribution in [1.29, 1.82) is 0 Å². The summed E-state index contributed by atoms with van der Waals surface area (Å²) in [5.41, 5.74) is 0.734. The summed E-state index contributed by atoms with van der Waals surface area (Å²) >= 11 is 12.1. The van der Waals surface area contributed by atoms with Crippen LogP contribution in [0.5, 0.6) is 5.75 Å². The molecule has 2 heterocycles. The van der Waals surface area contributed by atoms with Crippen LogP contribution in [0.4, 0.5) is 5.69 Å². The highest BCUT2D eigenvalue weighted by molar-refractivity contribution is 6.55. The number of esters is 1. The average molecular weight is 395 g/mol. The van der Waals surface area contributed by atoms with Crippen molar-refractivity contribution in [2.75, 3.05) is 19.1 Å². The number of carbonyl (C=O) groups excluding carboxylic acids is 3. The van der Waals surface area contributed by atoms with Gasteiger partial charge in [0.15, 0.2) is 5.69 Å². The largest absolute Gasteiger partial charge is 0.497 e. The third-order valence-corrected chi connectivity index (χ3v) is 4.31. The van der Waals surface area contributed by atoms with Crippen molar-refractivity contribution in [2.24, 2.45) is 0 Å². The number of pyridine rings is 1. The number of carbonyl (C=O) groups is 3. The normalized spacial score (nSPS) is 13.0. The number of nitrogens with zero attached hydrogens (tertiary/aromatic N) is 2. The number of hydrogen-bond acceptors (Lipinski definition) is 6. The Labute approximate surface area is 158 Å². The van der Waals surface area contributed by atoms with E-state index in [0.29, 0.717) is 17.1 Å². The molecule has 0 fully saturated rings. The van der Waals surface area contributed by atoms with Crippen LogP contribution in [0.25, 0.3) is 0 Å². The number of Topliss-reactive ketones (excluding diaryl/α,β-unsaturated/α-hetero) is 1. The standard InChI is InChI=1S/C17H12Cl2N2O5/c1-25-10-5-9(20-12(6-10)17(24)26-2)7-21-13-4-8(18)3-11(19)14(13)15(22)16(21)23/h3-6H,7H2,1-2H3. The van der Waals surface area contributed by atoms with Crippen LogP contribution in [-0.4, -0.2) is 36.9 Å². The lowest BCUT2D eigenvalue weighted by Gasteiger charge is -2.17. The zero-order valence-electron chi connectivity index (χ0n) is 13.7. The summed E-state index contributed by atoms with van der Waals surface area (Å²) in [4.78, 5) is 41.8. The molecule has 1 aromatic carbocycles. The summed E-state index contributed by atoms with van der Waals surface area (Å²) in [6.07, 6.45) is 0. The molecular weight excluding hydrogens is 383 g/mol. The summed E-state index contributed by atoms with van der Waals surface area (Å²) < 4.78 is 9.81. The third-order valence-electron chi connectivity index (χ3n) is 3.79. The number of hydrogen-bond donors (Lipinski definition) is 0. The van der Waals surface area contributed by atoms with Crippen LogP contribution in [0.1, 0.15) is 26.5 Å². The number of fused-ring (bicyclic) bond motifs is 1. The fraction of sp³-hybridized carbons (Fsp3) is 0.176. The zero-order chi connectivity index (χ0) is 19.0. The van der Waals surface area contributed by atoms with E-state index in [4.69, 9.17) is 27.9 Å². The van der Waals surface area contributed by atoms with Crippen molar-refractivity contribution in [3.63, 3.8) is 0 Å². The van der Waals surface area contributed by atoms with Gasteiger partial charge < -0.3 is 9.47 Å². The number of methoxy groups -OCH3 is 2. The van der Waals surface area contributed by atoms with E-state index >= 15 is 0 Å². The van der Waals surface area contributed by atoms with Crippen molar-refractivity contribution in [3.8, 4) is 5.75 Å². The molecule has 1 aliphatic rings. The number of ether oxygens (including phenoxy) is 2. The Hall–Kier alpha value is -2.64. The first kappa shape index (κ1) is 18.2. The zero-order valence-corrected chi connectivity index (χ0v) is 15.2. The molecule has 0 saturated heterocycles. The van der Waals surface area contributed by atoms with Gasteiger partial charge in [0, 0.05) is 17.2 Å². The minimum absolute atomic E-state index is 0.0178. The first-order valence-electron chi connectivity index (χ1n) is 7.34. The minimum Gasteiger partial charge on any atom is -0.497 e. The number of halogens is 2. The van der Waals surface area contributed by atoms with E-state index in [9.17, 15) is 14.4 Å². The highest BCUT2D eigenvalue weighted by Crippen LogP contribution is 2.37. The molecule has 3 rings (SSSR count). The summed E-state index contributed by atoms with van der Waals surface area (Å²) in [7, 11) is 2.66. The summed E-state index contributed by atoms with van der Waals surface area (Å²) in [6, 6.07) is 5.84. The molecule has 0 unspecified atom stereocenters. The Morgan fingerprint density at radius 2 is 1.88 bits per heavy atom. The third kappa shape index (κ3) is 3.11. The molecule has 1 amide bonds. The molecule has 9 heteroatoms. The molecule has 26 heavy (non-hydrogen) atoms. The van der Waals surface area contributed by atoms with Crippen molar-refractivity contribution in [3.05, 3.63) is 51.3 Å². The lowest BCUT2D eigenvalue weighted by molar-refractivity contribution is -0.114. The van der Waals surface area contributed by atoms with E-state index in [1.54, 1.807) is 6.07 Å². The van der Waals surface area contributed by atoms with Crippen LogP contribution in [0.15, 0.2) is 24.3 Å². The van der Waals surface area contributed by atoms with Gasteiger partial charge in [-0.25, -0.2) is 9.78 Å². The van der Waals surface area contributed by atoms with Gasteiger partial charge in [-0.05, 0) is 12.1 Å². The molecule has 1 aliphatic heterocycles. The fourth-order valence-corrected chi connectivity index (χ4v) is 3.19. The van der Waals surface area contributed by atoms with Crippen molar-refractivity contribution in [1.82, 2.24) is 4.98 Å². The predicted molar refractivity (Wildman–Crippen MR) is 94.1 cm³/mol. The summed E-state index contributed by atoms with van der Waals surface area (Å²) in [5.74, 6) is -1.77. The second-order valence-electron chi connectivity index (χ2n) is 5.38. The van der Waals surface area contributed by atoms with Crippen LogP contribution in [0.2, 0.25) is 10.0 Å². The van der Waals surface area contributed by atoms with Crippen LogP contribution < -0.4 is 9.64 Å². The Kier molecular flexibility index (Phi) is 4.84. The van der Waals surface area contributed by atoms with Crippen molar-refractivity contribution in [2.45, 2.75) is 6.54 Å². The Balaban J connectivity index is 2.04. The molecule has 134 valence electrons. The van der Waals surface area contributed by atoms with Crippen molar-refractivity contribution >= 4 is 46.5 Å². The second-order valence-corrected chi connectivity index (χ2v) is 6.22. The number of benzene rings is 1. The molecule has 0 atom stereocenters. The number of ketones is 1. The maximum Gasteiger partial charge on any atom is 0.356 e. The molecule has 0 radical (unpaired) electrons. The van der Waals surface area contributed by atoms with Gasteiger partial charge in [0.1, 0.15) is 5.75 Å². The molecule has 1 aromatic heterocycles. The number of rotatable bonds is 4. The van der Waals surface area contributed by atoms with Gasteiger partial charge in [-0.1, -0.05) is 23.2 Å². The molecule has 0 spiro atoms. The maximum absolute atomic E-state index is 12.4. The second kappa shape index (κ2) is 6.93. The smallest absolute Gasteiger partial charge is 0.356 e. The molecule has 0 aliphatic carbocycles. The Morgan fingerprint density at radius 3 is 2.54 bits per heavy atom. The summed E-state index contributed by atoms with van der Waals surface area (Å²) in [6.45, 7) is -0.0740. The molecule has 7 nitrogen and oxygen atoms in total. The van der Waals surface area contributed by atoms with Gasteiger partial charge in [0.25, 0.3) is 11.7 Å². The quantitative estimate of drug-likeness (QED) is 0.585. The van der Waals surface area contributed by atoms with Gasteiger partial charge in [-0.3, -0.25) is 14.5 Å². The number of aromatic nitrogens is 1. The van der Waals surface area contributed by atoms with E-state index in [1.165, 1.54) is 37.3 Å². The Morgan fingerprint density at radius 1 is 1.15 bits per heavy atom.